The van der Waals surface area contributed by atoms with Gasteiger partial charge in [0.25, 0.3) is 0 Å². The Kier molecular flexibility index (Phi) is 8.59. The van der Waals surface area contributed by atoms with Gasteiger partial charge < -0.3 is 0 Å². The molecular formula is C13H28. The summed E-state index contributed by atoms with van der Waals surface area (Å²) in [6.07, 6.45) is 10.0. The van der Waals surface area contributed by atoms with Crippen LogP contribution in [-0.4, -0.2) is 0 Å². The standard InChI is InChI=1S/C13H28/c1-5-6-7-8-9-10-13(4)11-12(2)3/h12-13H,5-11H2,1-4H3/t13-/m0/s1. The molecule has 0 heterocycles. The first-order valence-corrected chi connectivity index (χ1v) is 6.16. The lowest BCUT2D eigenvalue weighted by Gasteiger charge is -2.13. The van der Waals surface area contributed by atoms with Gasteiger partial charge in [0.1, 0.15) is 0 Å². The molecule has 80 valence electrons. The molecule has 0 aliphatic heterocycles. The van der Waals surface area contributed by atoms with E-state index in [0.717, 1.165) is 11.8 Å². The van der Waals surface area contributed by atoms with E-state index in [1.54, 1.807) is 0 Å². The highest BCUT2D eigenvalue weighted by Gasteiger charge is 2.03. The van der Waals surface area contributed by atoms with Gasteiger partial charge in [-0.25, -0.2) is 0 Å². The number of unbranched alkanes of at least 4 members (excludes halogenated alkanes) is 4. The van der Waals surface area contributed by atoms with Crippen LogP contribution in [0.15, 0.2) is 0 Å². The fourth-order valence-corrected chi connectivity index (χ4v) is 2.02. The van der Waals surface area contributed by atoms with Gasteiger partial charge in [-0.15, -0.1) is 0 Å². The molecule has 0 saturated heterocycles. The van der Waals surface area contributed by atoms with Crippen molar-refractivity contribution in [2.24, 2.45) is 11.8 Å². The van der Waals surface area contributed by atoms with Gasteiger partial charge in [-0.05, 0) is 18.3 Å². The van der Waals surface area contributed by atoms with E-state index < -0.39 is 0 Å². The van der Waals surface area contributed by atoms with Crippen LogP contribution in [0.4, 0.5) is 0 Å². The van der Waals surface area contributed by atoms with E-state index >= 15 is 0 Å². The summed E-state index contributed by atoms with van der Waals surface area (Å²) in [7, 11) is 0. The SMILES string of the molecule is CCCCCCC[C@H](C)CC(C)C. The van der Waals surface area contributed by atoms with E-state index in [1.807, 2.05) is 0 Å². The van der Waals surface area contributed by atoms with Crippen LogP contribution in [-0.2, 0) is 0 Å². The lowest BCUT2D eigenvalue weighted by Crippen LogP contribution is -1.99. The van der Waals surface area contributed by atoms with Gasteiger partial charge in [0.2, 0.25) is 0 Å². The Morgan fingerprint density at radius 3 is 2.00 bits per heavy atom. The second kappa shape index (κ2) is 8.59. The van der Waals surface area contributed by atoms with Crippen LogP contribution in [0.1, 0.15) is 72.6 Å². The molecule has 0 radical (unpaired) electrons. The average Bonchev–Trinajstić information content (AvgIpc) is 2.02. The maximum absolute atomic E-state index is 2.40. The Balaban J connectivity index is 3.12. The lowest BCUT2D eigenvalue weighted by molar-refractivity contribution is 0.398. The average molecular weight is 184 g/mol. The summed E-state index contributed by atoms with van der Waals surface area (Å²) in [5, 5.41) is 0. The zero-order chi connectivity index (χ0) is 10.1. The van der Waals surface area contributed by atoms with E-state index in [9.17, 15) is 0 Å². The maximum Gasteiger partial charge on any atom is -0.0440 e. The molecule has 0 aromatic heterocycles. The van der Waals surface area contributed by atoms with Crippen molar-refractivity contribution in [2.45, 2.75) is 72.6 Å². The predicted molar refractivity (Wildman–Crippen MR) is 62.0 cm³/mol. The van der Waals surface area contributed by atoms with Crippen LogP contribution in [0.5, 0.6) is 0 Å². The zero-order valence-corrected chi connectivity index (χ0v) is 10.1. The monoisotopic (exact) mass is 184 g/mol. The fraction of sp³-hybridized carbons (Fsp3) is 1.00. The van der Waals surface area contributed by atoms with Crippen molar-refractivity contribution in [3.8, 4) is 0 Å². The van der Waals surface area contributed by atoms with E-state index in [0.29, 0.717) is 0 Å². The number of hydrogen-bond donors (Lipinski definition) is 0. The molecule has 0 fully saturated rings. The summed E-state index contributed by atoms with van der Waals surface area (Å²) >= 11 is 0. The molecule has 0 aliphatic rings. The topological polar surface area (TPSA) is 0 Å². The van der Waals surface area contributed by atoms with E-state index in [1.165, 1.54) is 44.9 Å². The highest BCUT2D eigenvalue weighted by Crippen LogP contribution is 2.18. The highest BCUT2D eigenvalue weighted by atomic mass is 14.1. The van der Waals surface area contributed by atoms with Gasteiger partial charge in [-0.3, -0.25) is 0 Å². The van der Waals surface area contributed by atoms with Crippen molar-refractivity contribution in [1.29, 1.82) is 0 Å². The van der Waals surface area contributed by atoms with Crippen LogP contribution in [0, 0.1) is 11.8 Å². The van der Waals surface area contributed by atoms with Gasteiger partial charge in [-0.2, -0.15) is 0 Å². The fourth-order valence-electron chi connectivity index (χ4n) is 2.02. The van der Waals surface area contributed by atoms with Gasteiger partial charge in [0.05, 0.1) is 0 Å². The third-order valence-corrected chi connectivity index (χ3v) is 2.67. The maximum atomic E-state index is 2.40. The Hall–Kier alpha value is 0. The molecule has 1 atom stereocenters. The Morgan fingerprint density at radius 1 is 0.846 bits per heavy atom. The van der Waals surface area contributed by atoms with Gasteiger partial charge >= 0.3 is 0 Å². The van der Waals surface area contributed by atoms with Crippen LogP contribution in [0.25, 0.3) is 0 Å². The molecule has 0 nitrogen and oxygen atoms in total. The third-order valence-electron chi connectivity index (χ3n) is 2.67. The van der Waals surface area contributed by atoms with Crippen LogP contribution >= 0.6 is 0 Å². The summed E-state index contributed by atoms with van der Waals surface area (Å²) in [6.45, 7) is 9.34. The summed E-state index contributed by atoms with van der Waals surface area (Å²) in [5.41, 5.74) is 0. The minimum Gasteiger partial charge on any atom is -0.0654 e. The zero-order valence-electron chi connectivity index (χ0n) is 10.1. The highest BCUT2D eigenvalue weighted by molar-refractivity contribution is 4.56. The van der Waals surface area contributed by atoms with Crippen molar-refractivity contribution in [2.75, 3.05) is 0 Å². The second-order valence-corrected chi connectivity index (χ2v) is 4.94. The first kappa shape index (κ1) is 13.0. The van der Waals surface area contributed by atoms with Gasteiger partial charge in [0.15, 0.2) is 0 Å². The summed E-state index contributed by atoms with van der Waals surface area (Å²) < 4.78 is 0. The molecule has 0 rings (SSSR count). The predicted octanol–water partition coefficient (Wildman–Crippen LogP) is 5.03. The molecular weight excluding hydrogens is 156 g/mol. The Labute approximate surface area is 85.1 Å². The van der Waals surface area contributed by atoms with Crippen LogP contribution in [0.3, 0.4) is 0 Å². The molecule has 0 bridgehead atoms. The normalized spacial score (nSPS) is 13.6. The van der Waals surface area contributed by atoms with Gasteiger partial charge in [-0.1, -0.05) is 66.2 Å². The molecule has 0 N–H and O–H groups in total. The summed E-state index contributed by atoms with van der Waals surface area (Å²) in [4.78, 5) is 0. The van der Waals surface area contributed by atoms with Crippen molar-refractivity contribution in [3.05, 3.63) is 0 Å². The molecule has 0 aliphatic carbocycles. The summed E-state index contributed by atoms with van der Waals surface area (Å²) in [5.74, 6) is 1.83. The molecule has 0 unspecified atom stereocenters. The minimum absolute atomic E-state index is 0.880. The Morgan fingerprint density at radius 2 is 1.46 bits per heavy atom. The molecule has 0 aromatic carbocycles. The number of rotatable bonds is 8. The molecule has 0 saturated carbocycles. The van der Waals surface area contributed by atoms with E-state index in [2.05, 4.69) is 27.7 Å². The first-order chi connectivity index (χ1) is 6.16. The molecule has 0 spiro atoms. The molecule has 0 amide bonds. The van der Waals surface area contributed by atoms with Crippen molar-refractivity contribution >= 4 is 0 Å². The first-order valence-electron chi connectivity index (χ1n) is 6.16. The lowest BCUT2D eigenvalue weighted by atomic mass is 9.93. The smallest absolute Gasteiger partial charge is 0.0440 e. The van der Waals surface area contributed by atoms with Crippen LogP contribution < -0.4 is 0 Å². The molecule has 0 aromatic rings. The van der Waals surface area contributed by atoms with Crippen molar-refractivity contribution in [1.82, 2.24) is 0 Å². The van der Waals surface area contributed by atoms with Crippen LogP contribution in [0.2, 0.25) is 0 Å². The molecule has 13 heavy (non-hydrogen) atoms. The molecule has 0 heteroatoms. The third kappa shape index (κ3) is 9.92. The largest absolute Gasteiger partial charge is 0.0654 e. The van der Waals surface area contributed by atoms with Crippen molar-refractivity contribution in [3.63, 3.8) is 0 Å². The second-order valence-electron chi connectivity index (χ2n) is 4.94. The minimum atomic E-state index is 0.880. The quantitative estimate of drug-likeness (QED) is 0.464. The van der Waals surface area contributed by atoms with Gasteiger partial charge in [0, 0.05) is 0 Å². The van der Waals surface area contributed by atoms with E-state index in [4.69, 9.17) is 0 Å². The van der Waals surface area contributed by atoms with E-state index in [-0.39, 0.29) is 0 Å². The summed E-state index contributed by atoms with van der Waals surface area (Å²) in [6, 6.07) is 0. The number of hydrogen-bond acceptors (Lipinski definition) is 0. The van der Waals surface area contributed by atoms with Crippen molar-refractivity contribution < 1.29 is 0 Å². The Bertz CT molecular complexity index is 94.2.